The molecule has 0 aliphatic rings. The third kappa shape index (κ3) is 3.57. The molecule has 0 heterocycles. The summed E-state index contributed by atoms with van der Waals surface area (Å²) in [6.45, 7) is 2.54. The SMILES string of the molecule is CCOc1ccc(Br)cc1C(Br)c1cccc(F)c1. The van der Waals surface area contributed by atoms with E-state index in [0.29, 0.717) is 6.61 Å². The lowest BCUT2D eigenvalue weighted by Crippen LogP contribution is -2.00. The van der Waals surface area contributed by atoms with Crippen molar-refractivity contribution >= 4 is 31.9 Å². The monoisotopic (exact) mass is 386 g/mol. The molecule has 0 saturated carbocycles. The highest BCUT2D eigenvalue weighted by molar-refractivity contribution is 9.10. The molecule has 2 rings (SSSR count). The summed E-state index contributed by atoms with van der Waals surface area (Å²) in [6.07, 6.45) is 0. The molecule has 0 amide bonds. The molecular formula is C15H13Br2FO. The van der Waals surface area contributed by atoms with Crippen molar-refractivity contribution in [1.82, 2.24) is 0 Å². The molecule has 1 atom stereocenters. The molecule has 2 aromatic rings. The fraction of sp³-hybridized carbons (Fsp3) is 0.200. The normalized spacial score (nSPS) is 12.2. The van der Waals surface area contributed by atoms with Crippen LogP contribution in [0.5, 0.6) is 5.75 Å². The summed E-state index contributed by atoms with van der Waals surface area (Å²) >= 11 is 7.07. The number of alkyl halides is 1. The molecule has 100 valence electrons. The largest absolute Gasteiger partial charge is 0.494 e. The van der Waals surface area contributed by atoms with Crippen LogP contribution in [0, 0.1) is 5.82 Å². The van der Waals surface area contributed by atoms with E-state index in [-0.39, 0.29) is 10.6 Å². The van der Waals surface area contributed by atoms with Gasteiger partial charge in [0.2, 0.25) is 0 Å². The van der Waals surface area contributed by atoms with Crippen molar-refractivity contribution in [2.45, 2.75) is 11.8 Å². The Morgan fingerprint density at radius 1 is 1.21 bits per heavy atom. The molecule has 0 saturated heterocycles. The van der Waals surface area contributed by atoms with Gasteiger partial charge in [-0.05, 0) is 42.8 Å². The van der Waals surface area contributed by atoms with Crippen LogP contribution in [0.15, 0.2) is 46.9 Å². The van der Waals surface area contributed by atoms with Gasteiger partial charge >= 0.3 is 0 Å². The van der Waals surface area contributed by atoms with E-state index >= 15 is 0 Å². The third-order valence-electron chi connectivity index (χ3n) is 2.69. The molecular weight excluding hydrogens is 375 g/mol. The van der Waals surface area contributed by atoms with Crippen LogP contribution >= 0.6 is 31.9 Å². The van der Waals surface area contributed by atoms with Gasteiger partial charge in [0.15, 0.2) is 0 Å². The molecule has 0 N–H and O–H groups in total. The Hall–Kier alpha value is -0.870. The Balaban J connectivity index is 2.42. The predicted octanol–water partition coefficient (Wildman–Crippen LogP) is 5.47. The summed E-state index contributed by atoms with van der Waals surface area (Å²) in [7, 11) is 0. The molecule has 1 nitrogen and oxygen atoms in total. The van der Waals surface area contributed by atoms with Crippen LogP contribution in [-0.4, -0.2) is 6.61 Å². The third-order valence-corrected chi connectivity index (χ3v) is 4.20. The Labute approximate surface area is 129 Å². The Bertz CT molecular complexity index is 572. The molecule has 0 aliphatic heterocycles. The molecule has 4 heteroatoms. The van der Waals surface area contributed by atoms with Gasteiger partial charge in [-0.2, -0.15) is 0 Å². The van der Waals surface area contributed by atoms with Crippen molar-refractivity contribution in [2.24, 2.45) is 0 Å². The van der Waals surface area contributed by atoms with Crippen LogP contribution < -0.4 is 4.74 Å². The van der Waals surface area contributed by atoms with Crippen LogP contribution in [0.1, 0.15) is 22.9 Å². The quantitative estimate of drug-likeness (QED) is 0.632. The van der Waals surface area contributed by atoms with Gasteiger partial charge in [-0.3, -0.25) is 0 Å². The molecule has 2 aromatic carbocycles. The first-order valence-corrected chi connectivity index (χ1v) is 7.64. The van der Waals surface area contributed by atoms with Gasteiger partial charge in [-0.1, -0.05) is 44.0 Å². The standard InChI is InChI=1S/C15H13Br2FO/c1-2-19-14-7-6-11(16)9-13(14)15(17)10-4-3-5-12(18)8-10/h3-9,15H,2H2,1H3. The summed E-state index contributed by atoms with van der Waals surface area (Å²) in [6, 6.07) is 12.4. The van der Waals surface area contributed by atoms with Crippen LogP contribution in [0.3, 0.4) is 0 Å². The zero-order valence-corrected chi connectivity index (χ0v) is 13.5. The second-order valence-electron chi connectivity index (χ2n) is 4.03. The summed E-state index contributed by atoms with van der Waals surface area (Å²) in [5, 5.41) is 0. The van der Waals surface area contributed by atoms with E-state index in [4.69, 9.17) is 4.74 Å². The van der Waals surface area contributed by atoms with Crippen LogP contribution in [0.25, 0.3) is 0 Å². The number of halogens is 3. The maximum Gasteiger partial charge on any atom is 0.124 e. The number of ether oxygens (including phenoxy) is 1. The van der Waals surface area contributed by atoms with Crippen LogP contribution in [0.4, 0.5) is 4.39 Å². The van der Waals surface area contributed by atoms with Gasteiger partial charge in [0, 0.05) is 10.0 Å². The maximum absolute atomic E-state index is 13.3. The van der Waals surface area contributed by atoms with Gasteiger partial charge in [0.05, 0.1) is 11.4 Å². The fourth-order valence-electron chi connectivity index (χ4n) is 1.85. The highest BCUT2D eigenvalue weighted by Gasteiger charge is 2.16. The van der Waals surface area contributed by atoms with Crippen LogP contribution in [0.2, 0.25) is 0 Å². The van der Waals surface area contributed by atoms with E-state index in [0.717, 1.165) is 21.3 Å². The van der Waals surface area contributed by atoms with E-state index in [9.17, 15) is 4.39 Å². The Morgan fingerprint density at radius 2 is 2.00 bits per heavy atom. The first-order chi connectivity index (χ1) is 9.11. The van der Waals surface area contributed by atoms with Gasteiger partial charge in [0.25, 0.3) is 0 Å². The average molecular weight is 388 g/mol. The van der Waals surface area contributed by atoms with Gasteiger partial charge in [0.1, 0.15) is 11.6 Å². The number of hydrogen-bond acceptors (Lipinski definition) is 1. The van der Waals surface area contributed by atoms with E-state index in [1.165, 1.54) is 12.1 Å². The molecule has 0 fully saturated rings. The van der Waals surface area contributed by atoms with Gasteiger partial charge in [-0.15, -0.1) is 0 Å². The van der Waals surface area contributed by atoms with Crippen molar-refractivity contribution in [1.29, 1.82) is 0 Å². The molecule has 1 unspecified atom stereocenters. The fourth-order valence-corrected chi connectivity index (χ4v) is 2.87. The van der Waals surface area contributed by atoms with Crippen molar-refractivity contribution in [3.05, 3.63) is 63.9 Å². The highest BCUT2D eigenvalue weighted by atomic mass is 79.9. The minimum absolute atomic E-state index is 0.109. The number of benzene rings is 2. The van der Waals surface area contributed by atoms with Gasteiger partial charge in [-0.25, -0.2) is 4.39 Å². The van der Waals surface area contributed by atoms with Gasteiger partial charge < -0.3 is 4.74 Å². The van der Waals surface area contributed by atoms with E-state index < -0.39 is 0 Å². The second-order valence-corrected chi connectivity index (χ2v) is 5.86. The lowest BCUT2D eigenvalue weighted by molar-refractivity contribution is 0.337. The van der Waals surface area contributed by atoms with Crippen molar-refractivity contribution in [3.8, 4) is 5.75 Å². The number of hydrogen-bond donors (Lipinski definition) is 0. The zero-order valence-electron chi connectivity index (χ0n) is 10.4. The average Bonchev–Trinajstić information content (AvgIpc) is 2.40. The first-order valence-electron chi connectivity index (χ1n) is 5.93. The molecule has 0 spiro atoms. The van der Waals surface area contributed by atoms with Crippen molar-refractivity contribution < 1.29 is 9.13 Å². The Morgan fingerprint density at radius 3 is 2.68 bits per heavy atom. The first kappa shape index (κ1) is 14.5. The lowest BCUT2D eigenvalue weighted by atomic mass is 10.0. The van der Waals surface area contributed by atoms with E-state index in [1.807, 2.05) is 31.2 Å². The van der Waals surface area contributed by atoms with E-state index in [2.05, 4.69) is 31.9 Å². The van der Waals surface area contributed by atoms with E-state index in [1.54, 1.807) is 6.07 Å². The minimum Gasteiger partial charge on any atom is -0.494 e. The lowest BCUT2D eigenvalue weighted by Gasteiger charge is -2.16. The maximum atomic E-state index is 13.3. The molecule has 19 heavy (non-hydrogen) atoms. The molecule has 0 radical (unpaired) electrons. The minimum atomic E-state index is -0.241. The summed E-state index contributed by atoms with van der Waals surface area (Å²) < 4.78 is 19.9. The highest BCUT2D eigenvalue weighted by Crippen LogP contribution is 2.38. The van der Waals surface area contributed by atoms with Crippen molar-refractivity contribution in [2.75, 3.05) is 6.61 Å². The van der Waals surface area contributed by atoms with Crippen molar-refractivity contribution in [3.63, 3.8) is 0 Å². The molecule has 0 aromatic heterocycles. The summed E-state index contributed by atoms with van der Waals surface area (Å²) in [4.78, 5) is -0.109. The van der Waals surface area contributed by atoms with Crippen LogP contribution in [-0.2, 0) is 0 Å². The topological polar surface area (TPSA) is 9.23 Å². The number of rotatable bonds is 4. The molecule has 0 bridgehead atoms. The predicted molar refractivity (Wildman–Crippen MR) is 82.5 cm³/mol. The Kier molecular flexibility index (Phi) is 4.99. The smallest absolute Gasteiger partial charge is 0.124 e. The second kappa shape index (κ2) is 6.53. The summed E-state index contributed by atoms with van der Waals surface area (Å²) in [5.41, 5.74) is 1.83. The summed E-state index contributed by atoms with van der Waals surface area (Å²) in [5.74, 6) is 0.562. The zero-order chi connectivity index (χ0) is 13.8. The molecule has 0 aliphatic carbocycles.